The van der Waals surface area contributed by atoms with Gasteiger partial charge in [-0.2, -0.15) is 0 Å². The summed E-state index contributed by atoms with van der Waals surface area (Å²) in [6.45, 7) is 13.7. The Morgan fingerprint density at radius 1 is 0.688 bits per heavy atom. The molecule has 0 aliphatic heterocycles. The maximum Gasteiger partial charge on any atom is 0.0894 e. The molecule has 0 amide bonds. The molecular weight excluding hydrogens is 398 g/mol. The Morgan fingerprint density at radius 3 is 1.66 bits per heavy atom. The molecule has 32 heavy (non-hydrogen) atoms. The van der Waals surface area contributed by atoms with Gasteiger partial charge in [0.25, 0.3) is 0 Å². The van der Waals surface area contributed by atoms with Gasteiger partial charge in [0.2, 0.25) is 0 Å². The molecule has 5 heteroatoms. The zero-order chi connectivity index (χ0) is 23.2. The molecule has 0 N–H and O–H groups in total. The minimum Gasteiger partial charge on any atom is -0.371 e. The van der Waals surface area contributed by atoms with E-state index >= 15 is 0 Å². The van der Waals surface area contributed by atoms with Crippen molar-refractivity contribution >= 4 is 0 Å². The molecule has 0 aliphatic rings. The summed E-state index contributed by atoms with van der Waals surface area (Å²) in [4.78, 5) is 14.0. The SMILES string of the molecule is CCCC(C)(C)OCc1ccc(-c2cccc(-c3ccc(COC(C)(C)C)cn3)n2)nc1. The fourth-order valence-corrected chi connectivity index (χ4v) is 3.30. The third kappa shape index (κ3) is 7.21. The highest BCUT2D eigenvalue weighted by atomic mass is 16.5. The van der Waals surface area contributed by atoms with E-state index in [1.165, 1.54) is 0 Å². The van der Waals surface area contributed by atoms with Gasteiger partial charge in [0.05, 0.1) is 47.2 Å². The van der Waals surface area contributed by atoms with Crippen LogP contribution in [0.4, 0.5) is 0 Å². The Labute approximate surface area is 192 Å². The van der Waals surface area contributed by atoms with Gasteiger partial charge in [0, 0.05) is 12.4 Å². The average Bonchev–Trinajstić information content (AvgIpc) is 2.77. The van der Waals surface area contributed by atoms with Crippen LogP contribution in [0, 0.1) is 0 Å². The predicted octanol–water partition coefficient (Wildman–Crippen LogP) is 6.62. The van der Waals surface area contributed by atoms with Gasteiger partial charge < -0.3 is 9.47 Å². The lowest BCUT2D eigenvalue weighted by molar-refractivity contribution is -0.0354. The molecule has 3 heterocycles. The average molecular weight is 434 g/mol. The number of pyridine rings is 3. The maximum atomic E-state index is 6.05. The van der Waals surface area contributed by atoms with Crippen molar-refractivity contribution < 1.29 is 9.47 Å². The summed E-state index contributed by atoms with van der Waals surface area (Å²) in [6, 6.07) is 14.0. The normalized spacial score (nSPS) is 12.2. The molecule has 0 saturated carbocycles. The summed E-state index contributed by atoms with van der Waals surface area (Å²) < 4.78 is 11.9. The van der Waals surface area contributed by atoms with Crippen molar-refractivity contribution in [2.24, 2.45) is 0 Å². The minimum absolute atomic E-state index is 0.120. The Hall–Kier alpha value is -2.63. The predicted molar refractivity (Wildman–Crippen MR) is 129 cm³/mol. The van der Waals surface area contributed by atoms with Crippen LogP contribution >= 0.6 is 0 Å². The van der Waals surface area contributed by atoms with Gasteiger partial charge in [0.1, 0.15) is 0 Å². The van der Waals surface area contributed by atoms with Crippen molar-refractivity contribution in [1.82, 2.24) is 15.0 Å². The highest BCUT2D eigenvalue weighted by molar-refractivity contribution is 5.61. The standard InChI is InChI=1S/C27H35N3O2/c1-7-15-27(5,6)32-19-21-12-14-23(29-17-21)25-10-8-9-24(30-25)22-13-11-20(16-28-22)18-31-26(2,3)4/h8-14,16-17H,7,15,18-19H2,1-6H3. The van der Waals surface area contributed by atoms with Gasteiger partial charge in [-0.15, -0.1) is 0 Å². The van der Waals surface area contributed by atoms with Crippen molar-refractivity contribution in [3.63, 3.8) is 0 Å². The van der Waals surface area contributed by atoms with Crippen LogP contribution in [0.15, 0.2) is 54.9 Å². The van der Waals surface area contributed by atoms with E-state index in [1.54, 1.807) is 0 Å². The first-order chi connectivity index (χ1) is 15.1. The summed E-state index contributed by atoms with van der Waals surface area (Å²) in [7, 11) is 0. The van der Waals surface area contributed by atoms with Crippen molar-refractivity contribution in [1.29, 1.82) is 0 Å². The van der Waals surface area contributed by atoms with E-state index in [-0.39, 0.29) is 11.2 Å². The Bertz CT molecular complexity index is 991. The van der Waals surface area contributed by atoms with Crippen molar-refractivity contribution in [3.8, 4) is 22.8 Å². The van der Waals surface area contributed by atoms with Crippen LogP contribution in [0.2, 0.25) is 0 Å². The second-order valence-corrected chi connectivity index (χ2v) is 9.71. The highest BCUT2D eigenvalue weighted by Crippen LogP contribution is 2.22. The zero-order valence-electron chi connectivity index (χ0n) is 20.2. The molecule has 3 rings (SSSR count). The Balaban J connectivity index is 1.68. The van der Waals surface area contributed by atoms with E-state index in [0.717, 1.165) is 46.7 Å². The molecule has 0 atom stereocenters. The molecule has 0 bridgehead atoms. The molecule has 0 aliphatic carbocycles. The van der Waals surface area contributed by atoms with Crippen LogP contribution in [-0.2, 0) is 22.7 Å². The summed E-state index contributed by atoms with van der Waals surface area (Å²) in [5, 5.41) is 0. The lowest BCUT2D eigenvalue weighted by atomic mass is 10.0. The number of ether oxygens (including phenoxy) is 2. The summed E-state index contributed by atoms with van der Waals surface area (Å²) in [5.74, 6) is 0. The Morgan fingerprint density at radius 2 is 1.22 bits per heavy atom. The molecule has 0 aromatic carbocycles. The van der Waals surface area contributed by atoms with Crippen molar-refractivity contribution in [2.75, 3.05) is 0 Å². The van der Waals surface area contributed by atoms with Gasteiger partial charge in [-0.25, -0.2) is 4.98 Å². The van der Waals surface area contributed by atoms with E-state index in [1.807, 2.05) is 69.6 Å². The second kappa shape index (κ2) is 10.3. The smallest absolute Gasteiger partial charge is 0.0894 e. The zero-order valence-corrected chi connectivity index (χ0v) is 20.2. The van der Waals surface area contributed by atoms with Gasteiger partial charge >= 0.3 is 0 Å². The molecule has 3 aromatic heterocycles. The van der Waals surface area contributed by atoms with E-state index in [0.29, 0.717) is 13.2 Å². The van der Waals surface area contributed by atoms with Crippen LogP contribution in [0.1, 0.15) is 65.5 Å². The molecule has 170 valence electrons. The molecule has 0 radical (unpaired) electrons. The molecule has 3 aromatic rings. The van der Waals surface area contributed by atoms with Gasteiger partial charge in [0.15, 0.2) is 0 Å². The second-order valence-electron chi connectivity index (χ2n) is 9.71. The van der Waals surface area contributed by atoms with Gasteiger partial charge in [-0.05, 0) is 76.4 Å². The summed E-state index contributed by atoms with van der Waals surface area (Å²) in [6.07, 6.45) is 5.86. The largest absolute Gasteiger partial charge is 0.371 e. The lowest BCUT2D eigenvalue weighted by Crippen LogP contribution is -2.23. The maximum absolute atomic E-state index is 6.05. The summed E-state index contributed by atoms with van der Waals surface area (Å²) in [5.41, 5.74) is 5.11. The van der Waals surface area contributed by atoms with Crippen molar-refractivity contribution in [2.45, 2.75) is 78.8 Å². The fourth-order valence-electron chi connectivity index (χ4n) is 3.30. The molecule has 0 unspecified atom stereocenters. The third-order valence-electron chi connectivity index (χ3n) is 5.08. The topological polar surface area (TPSA) is 57.1 Å². The first kappa shape index (κ1) is 24.0. The Kier molecular flexibility index (Phi) is 7.75. The fraction of sp³-hybridized carbons (Fsp3) is 0.444. The number of hydrogen-bond donors (Lipinski definition) is 0. The van der Waals surface area contributed by atoms with Crippen LogP contribution in [-0.4, -0.2) is 26.2 Å². The van der Waals surface area contributed by atoms with E-state index < -0.39 is 0 Å². The van der Waals surface area contributed by atoms with Crippen LogP contribution in [0.5, 0.6) is 0 Å². The number of aromatic nitrogens is 3. The number of rotatable bonds is 9. The van der Waals surface area contributed by atoms with Gasteiger partial charge in [-0.3, -0.25) is 9.97 Å². The van der Waals surface area contributed by atoms with Gasteiger partial charge in [-0.1, -0.05) is 31.5 Å². The molecule has 0 saturated heterocycles. The molecular formula is C27H35N3O2. The van der Waals surface area contributed by atoms with E-state index in [9.17, 15) is 0 Å². The van der Waals surface area contributed by atoms with Crippen LogP contribution in [0.3, 0.4) is 0 Å². The number of nitrogens with zero attached hydrogens (tertiary/aromatic N) is 3. The molecule has 5 nitrogen and oxygen atoms in total. The van der Waals surface area contributed by atoms with E-state index in [2.05, 4.69) is 36.8 Å². The van der Waals surface area contributed by atoms with Crippen LogP contribution in [0.25, 0.3) is 22.8 Å². The quantitative estimate of drug-likeness (QED) is 0.380. The van der Waals surface area contributed by atoms with Crippen molar-refractivity contribution in [3.05, 3.63) is 66.0 Å². The minimum atomic E-state index is -0.172. The number of hydrogen-bond acceptors (Lipinski definition) is 5. The summed E-state index contributed by atoms with van der Waals surface area (Å²) >= 11 is 0. The lowest BCUT2D eigenvalue weighted by Gasteiger charge is -2.24. The van der Waals surface area contributed by atoms with E-state index in [4.69, 9.17) is 14.5 Å². The first-order valence-corrected chi connectivity index (χ1v) is 11.3. The monoisotopic (exact) mass is 433 g/mol. The highest BCUT2D eigenvalue weighted by Gasteiger charge is 2.17. The third-order valence-corrected chi connectivity index (χ3v) is 5.08. The van der Waals surface area contributed by atoms with Crippen LogP contribution < -0.4 is 0 Å². The molecule has 0 spiro atoms. The molecule has 0 fully saturated rings. The first-order valence-electron chi connectivity index (χ1n) is 11.3.